The Labute approximate surface area is 84.8 Å². The minimum atomic E-state index is -0.147. The molecule has 0 spiro atoms. The van der Waals surface area contributed by atoms with Gasteiger partial charge in [-0.3, -0.25) is 0 Å². The van der Waals surface area contributed by atoms with Crippen LogP contribution in [0, 0.1) is 0 Å². The number of aliphatic hydroxyl groups is 1. The summed E-state index contributed by atoms with van der Waals surface area (Å²) >= 11 is 3.39. The van der Waals surface area contributed by atoms with Gasteiger partial charge < -0.3 is 15.2 Å². The van der Waals surface area contributed by atoms with E-state index in [4.69, 9.17) is 9.84 Å². The number of hydrogen-bond acceptors (Lipinski definition) is 3. The van der Waals surface area contributed by atoms with Crippen molar-refractivity contribution in [3.8, 4) is 5.75 Å². The summed E-state index contributed by atoms with van der Waals surface area (Å²) in [6.07, 6.45) is -0.147. The van der Waals surface area contributed by atoms with Crippen LogP contribution >= 0.6 is 15.9 Å². The van der Waals surface area contributed by atoms with E-state index in [9.17, 15) is 0 Å². The zero-order chi connectivity index (χ0) is 9.26. The van der Waals surface area contributed by atoms with Gasteiger partial charge in [0.2, 0.25) is 0 Å². The first-order valence-corrected chi connectivity index (χ1v) is 4.90. The lowest BCUT2D eigenvalue weighted by molar-refractivity contribution is 0.119. The third kappa shape index (κ3) is 1.64. The molecule has 1 aromatic carbocycles. The quantitative estimate of drug-likeness (QED) is 0.788. The summed E-state index contributed by atoms with van der Waals surface area (Å²) in [4.78, 5) is 0. The van der Waals surface area contributed by atoms with Gasteiger partial charge in [0.15, 0.2) is 5.75 Å². The van der Waals surface area contributed by atoms with E-state index >= 15 is 0 Å². The van der Waals surface area contributed by atoms with Crippen LogP contribution in [0.5, 0.6) is 5.75 Å². The number of rotatable bonds is 1. The maximum atomic E-state index is 8.93. The van der Waals surface area contributed by atoms with Crippen LogP contribution in [-0.2, 0) is 0 Å². The average molecular weight is 244 g/mol. The molecule has 0 radical (unpaired) electrons. The highest BCUT2D eigenvalue weighted by Crippen LogP contribution is 2.35. The van der Waals surface area contributed by atoms with Crippen molar-refractivity contribution in [2.24, 2.45) is 0 Å². The molecule has 1 atom stereocenters. The predicted molar refractivity (Wildman–Crippen MR) is 54.1 cm³/mol. The number of benzene rings is 1. The molecule has 4 heteroatoms. The topological polar surface area (TPSA) is 41.5 Å². The summed E-state index contributed by atoms with van der Waals surface area (Å²) in [7, 11) is 0. The van der Waals surface area contributed by atoms with E-state index in [2.05, 4.69) is 21.2 Å². The monoisotopic (exact) mass is 243 g/mol. The SMILES string of the molecule is OCC1CNc2cccc(Br)c2O1. The molecule has 0 aromatic heterocycles. The van der Waals surface area contributed by atoms with Gasteiger partial charge in [0.05, 0.1) is 23.3 Å². The lowest BCUT2D eigenvalue weighted by Crippen LogP contribution is -2.33. The van der Waals surface area contributed by atoms with Crippen molar-refractivity contribution < 1.29 is 9.84 Å². The molecule has 0 saturated heterocycles. The molecule has 0 fully saturated rings. The van der Waals surface area contributed by atoms with Crippen LogP contribution in [0.1, 0.15) is 0 Å². The molecular weight excluding hydrogens is 234 g/mol. The normalized spacial score (nSPS) is 20.0. The van der Waals surface area contributed by atoms with Crippen molar-refractivity contribution in [3.63, 3.8) is 0 Å². The smallest absolute Gasteiger partial charge is 0.157 e. The summed E-state index contributed by atoms with van der Waals surface area (Å²) in [5, 5.41) is 12.1. The van der Waals surface area contributed by atoms with Crippen molar-refractivity contribution >= 4 is 21.6 Å². The van der Waals surface area contributed by atoms with Gasteiger partial charge in [0.25, 0.3) is 0 Å². The summed E-state index contributed by atoms with van der Waals surface area (Å²) in [6.45, 7) is 0.688. The summed E-state index contributed by atoms with van der Waals surface area (Å²) in [6, 6.07) is 5.81. The molecule has 70 valence electrons. The van der Waals surface area contributed by atoms with Crippen LogP contribution in [0.4, 0.5) is 5.69 Å². The van der Waals surface area contributed by atoms with Crippen molar-refractivity contribution in [1.29, 1.82) is 0 Å². The second-order valence-electron chi connectivity index (χ2n) is 2.92. The molecule has 0 amide bonds. The fourth-order valence-electron chi connectivity index (χ4n) is 1.30. The van der Waals surface area contributed by atoms with Crippen molar-refractivity contribution in [2.45, 2.75) is 6.10 Å². The molecule has 1 heterocycles. The molecule has 1 unspecified atom stereocenters. The van der Waals surface area contributed by atoms with Crippen molar-refractivity contribution in [3.05, 3.63) is 22.7 Å². The van der Waals surface area contributed by atoms with E-state index in [-0.39, 0.29) is 12.7 Å². The van der Waals surface area contributed by atoms with E-state index in [1.165, 1.54) is 0 Å². The van der Waals surface area contributed by atoms with Gasteiger partial charge in [0.1, 0.15) is 6.10 Å². The van der Waals surface area contributed by atoms with Crippen molar-refractivity contribution in [2.75, 3.05) is 18.5 Å². The zero-order valence-electron chi connectivity index (χ0n) is 6.96. The standard InChI is InChI=1S/C9H10BrNO2/c10-7-2-1-3-8-9(7)13-6(5-12)4-11-8/h1-3,6,11-12H,4-5H2. The molecule has 1 aromatic rings. The molecule has 2 rings (SSSR count). The van der Waals surface area contributed by atoms with Crippen LogP contribution in [-0.4, -0.2) is 24.4 Å². The lowest BCUT2D eigenvalue weighted by Gasteiger charge is -2.26. The largest absolute Gasteiger partial charge is 0.483 e. The number of para-hydroxylation sites is 1. The number of halogens is 1. The van der Waals surface area contributed by atoms with E-state index in [1.807, 2.05) is 18.2 Å². The second kappa shape index (κ2) is 3.55. The average Bonchev–Trinajstić information content (AvgIpc) is 2.18. The first-order chi connectivity index (χ1) is 6.31. The Hall–Kier alpha value is -0.740. The highest BCUT2D eigenvalue weighted by molar-refractivity contribution is 9.10. The maximum Gasteiger partial charge on any atom is 0.157 e. The van der Waals surface area contributed by atoms with Gasteiger partial charge in [-0.15, -0.1) is 0 Å². The highest BCUT2D eigenvalue weighted by atomic mass is 79.9. The summed E-state index contributed by atoms with van der Waals surface area (Å²) < 4.78 is 6.47. The van der Waals surface area contributed by atoms with E-state index in [1.54, 1.807) is 0 Å². The van der Waals surface area contributed by atoms with Crippen molar-refractivity contribution in [1.82, 2.24) is 0 Å². The first-order valence-electron chi connectivity index (χ1n) is 4.11. The lowest BCUT2D eigenvalue weighted by atomic mass is 10.2. The third-order valence-corrected chi connectivity index (χ3v) is 2.60. The fraction of sp³-hybridized carbons (Fsp3) is 0.333. The Morgan fingerprint density at radius 1 is 1.62 bits per heavy atom. The third-order valence-electron chi connectivity index (χ3n) is 1.98. The molecule has 0 saturated carbocycles. The van der Waals surface area contributed by atoms with Crippen LogP contribution in [0.15, 0.2) is 22.7 Å². The van der Waals surface area contributed by atoms with Crippen LogP contribution < -0.4 is 10.1 Å². The Bertz CT molecular complexity index is 316. The minimum absolute atomic E-state index is 0.0355. The zero-order valence-corrected chi connectivity index (χ0v) is 8.54. The van der Waals surface area contributed by atoms with Gasteiger partial charge >= 0.3 is 0 Å². The Morgan fingerprint density at radius 2 is 2.46 bits per heavy atom. The number of fused-ring (bicyclic) bond motifs is 1. The van der Waals surface area contributed by atoms with Crippen LogP contribution in [0.25, 0.3) is 0 Å². The molecule has 3 nitrogen and oxygen atoms in total. The summed E-state index contributed by atoms with van der Waals surface area (Å²) in [5.74, 6) is 0.785. The number of hydrogen-bond donors (Lipinski definition) is 2. The minimum Gasteiger partial charge on any atom is -0.483 e. The number of anilines is 1. The van der Waals surface area contributed by atoms with Gasteiger partial charge in [0, 0.05) is 0 Å². The fourth-order valence-corrected chi connectivity index (χ4v) is 1.76. The number of ether oxygens (including phenoxy) is 1. The molecule has 1 aliphatic rings. The van der Waals surface area contributed by atoms with Gasteiger partial charge in [-0.25, -0.2) is 0 Å². The predicted octanol–water partition coefficient (Wildman–Crippen LogP) is 1.61. The highest BCUT2D eigenvalue weighted by Gasteiger charge is 2.19. The molecule has 0 aliphatic carbocycles. The Balaban J connectivity index is 2.32. The van der Waals surface area contributed by atoms with Gasteiger partial charge in [-0.05, 0) is 28.1 Å². The molecule has 2 N–H and O–H groups in total. The molecule has 13 heavy (non-hydrogen) atoms. The Morgan fingerprint density at radius 3 is 3.23 bits per heavy atom. The molecule has 0 bridgehead atoms. The van der Waals surface area contributed by atoms with Gasteiger partial charge in [-0.1, -0.05) is 6.07 Å². The van der Waals surface area contributed by atoms with E-state index in [0.717, 1.165) is 15.9 Å². The summed E-state index contributed by atoms with van der Waals surface area (Å²) in [5.41, 5.74) is 0.971. The molecular formula is C9H10BrNO2. The Kier molecular flexibility index (Phi) is 2.42. The van der Waals surface area contributed by atoms with Crippen LogP contribution in [0.2, 0.25) is 0 Å². The van der Waals surface area contributed by atoms with Gasteiger partial charge in [-0.2, -0.15) is 0 Å². The maximum absolute atomic E-state index is 8.93. The van der Waals surface area contributed by atoms with Crippen LogP contribution in [0.3, 0.4) is 0 Å². The first kappa shape index (κ1) is 8.84. The number of aliphatic hydroxyl groups excluding tert-OH is 1. The van der Waals surface area contributed by atoms with E-state index in [0.29, 0.717) is 6.54 Å². The number of nitrogens with one attached hydrogen (secondary N) is 1. The second-order valence-corrected chi connectivity index (χ2v) is 3.77. The van der Waals surface area contributed by atoms with E-state index < -0.39 is 0 Å². The molecule has 1 aliphatic heterocycles.